The molecule has 2 aromatic rings. The van der Waals surface area contributed by atoms with E-state index in [0.717, 1.165) is 10.2 Å². The molecule has 0 aliphatic heterocycles. The summed E-state index contributed by atoms with van der Waals surface area (Å²) in [4.78, 5) is 0. The second kappa shape index (κ2) is 5.31. The molecule has 0 N–H and O–H groups in total. The highest BCUT2D eigenvalue weighted by atomic mass is 79.9. The maximum Gasteiger partial charge on any atom is 0.120 e. The topological polar surface area (TPSA) is 9.23 Å². The predicted octanol–water partition coefficient (Wildman–Crippen LogP) is 5.31. The summed E-state index contributed by atoms with van der Waals surface area (Å²) in [5, 5.41) is 2.49. The lowest BCUT2D eigenvalue weighted by molar-refractivity contribution is 0.155. The van der Waals surface area contributed by atoms with E-state index in [1.54, 1.807) is 0 Å². The zero-order chi connectivity index (χ0) is 12.4. The van der Waals surface area contributed by atoms with Crippen LogP contribution in [0.1, 0.15) is 32.1 Å². The van der Waals surface area contributed by atoms with E-state index in [4.69, 9.17) is 4.74 Å². The fraction of sp³-hybridized carbons (Fsp3) is 0.375. The van der Waals surface area contributed by atoms with Gasteiger partial charge < -0.3 is 4.74 Å². The van der Waals surface area contributed by atoms with Crippen LogP contribution in [0.2, 0.25) is 0 Å². The van der Waals surface area contributed by atoms with Gasteiger partial charge in [-0.05, 0) is 60.7 Å². The third kappa shape index (κ3) is 2.69. The first-order valence-electron chi connectivity index (χ1n) is 6.67. The van der Waals surface area contributed by atoms with Crippen LogP contribution in [0, 0.1) is 0 Å². The van der Waals surface area contributed by atoms with Crippen molar-refractivity contribution in [2.45, 2.75) is 38.2 Å². The van der Waals surface area contributed by atoms with E-state index in [1.807, 2.05) is 0 Å². The summed E-state index contributed by atoms with van der Waals surface area (Å²) < 4.78 is 7.20. The van der Waals surface area contributed by atoms with Crippen LogP contribution in [-0.2, 0) is 0 Å². The first-order valence-corrected chi connectivity index (χ1v) is 7.46. The van der Waals surface area contributed by atoms with Crippen molar-refractivity contribution in [2.24, 2.45) is 0 Å². The Morgan fingerprint density at radius 1 is 0.889 bits per heavy atom. The van der Waals surface area contributed by atoms with E-state index in [-0.39, 0.29) is 0 Å². The van der Waals surface area contributed by atoms with Crippen molar-refractivity contribution in [3.8, 4) is 5.75 Å². The van der Waals surface area contributed by atoms with Gasteiger partial charge in [-0.15, -0.1) is 0 Å². The van der Waals surface area contributed by atoms with E-state index in [1.165, 1.54) is 42.9 Å². The summed E-state index contributed by atoms with van der Waals surface area (Å²) in [6, 6.07) is 12.7. The second-order valence-corrected chi connectivity index (χ2v) is 5.95. The smallest absolute Gasteiger partial charge is 0.120 e. The molecular weight excluding hydrogens is 288 g/mol. The Morgan fingerprint density at radius 3 is 2.44 bits per heavy atom. The van der Waals surface area contributed by atoms with Gasteiger partial charge in [0, 0.05) is 4.47 Å². The van der Waals surface area contributed by atoms with Gasteiger partial charge in [-0.25, -0.2) is 0 Å². The standard InChI is InChI=1S/C16H17BrO/c17-14-8-6-13-11-16(9-7-12(13)10-14)18-15-4-2-1-3-5-15/h6-11,15H,1-5H2. The van der Waals surface area contributed by atoms with E-state index < -0.39 is 0 Å². The average Bonchev–Trinajstić information content (AvgIpc) is 2.40. The van der Waals surface area contributed by atoms with Crippen molar-refractivity contribution in [2.75, 3.05) is 0 Å². The lowest BCUT2D eigenvalue weighted by Gasteiger charge is -2.23. The number of rotatable bonds is 2. The van der Waals surface area contributed by atoms with Crippen molar-refractivity contribution < 1.29 is 4.74 Å². The molecule has 0 radical (unpaired) electrons. The summed E-state index contributed by atoms with van der Waals surface area (Å²) in [6.45, 7) is 0. The zero-order valence-corrected chi connectivity index (χ0v) is 11.9. The summed E-state index contributed by atoms with van der Waals surface area (Å²) in [5.74, 6) is 1.01. The Hall–Kier alpha value is -1.02. The fourth-order valence-corrected chi connectivity index (χ4v) is 3.02. The second-order valence-electron chi connectivity index (χ2n) is 5.03. The van der Waals surface area contributed by atoms with E-state index in [9.17, 15) is 0 Å². The van der Waals surface area contributed by atoms with E-state index in [2.05, 4.69) is 52.3 Å². The van der Waals surface area contributed by atoms with Gasteiger partial charge >= 0.3 is 0 Å². The molecule has 0 unspecified atom stereocenters. The molecule has 0 bridgehead atoms. The lowest BCUT2D eigenvalue weighted by atomic mass is 9.98. The Bertz CT molecular complexity index is 544. The number of halogens is 1. The van der Waals surface area contributed by atoms with Gasteiger partial charge in [0.1, 0.15) is 5.75 Å². The van der Waals surface area contributed by atoms with Crippen molar-refractivity contribution in [1.82, 2.24) is 0 Å². The molecule has 0 spiro atoms. The van der Waals surface area contributed by atoms with Crippen molar-refractivity contribution in [1.29, 1.82) is 0 Å². The molecule has 0 amide bonds. The number of hydrogen-bond donors (Lipinski definition) is 0. The van der Waals surface area contributed by atoms with Crippen molar-refractivity contribution in [3.05, 3.63) is 40.9 Å². The van der Waals surface area contributed by atoms with Crippen LogP contribution >= 0.6 is 15.9 Å². The van der Waals surface area contributed by atoms with E-state index in [0.29, 0.717) is 6.10 Å². The van der Waals surface area contributed by atoms with Gasteiger partial charge in [0.25, 0.3) is 0 Å². The van der Waals surface area contributed by atoms with Gasteiger partial charge in [-0.2, -0.15) is 0 Å². The van der Waals surface area contributed by atoms with Crippen LogP contribution in [0.25, 0.3) is 10.8 Å². The van der Waals surface area contributed by atoms with Crippen molar-refractivity contribution >= 4 is 26.7 Å². The number of ether oxygens (including phenoxy) is 1. The van der Waals surface area contributed by atoms with Crippen LogP contribution in [0.5, 0.6) is 5.75 Å². The first-order chi connectivity index (χ1) is 8.81. The molecule has 1 fully saturated rings. The number of benzene rings is 2. The maximum atomic E-state index is 6.08. The minimum Gasteiger partial charge on any atom is -0.490 e. The molecule has 1 nitrogen and oxygen atoms in total. The summed E-state index contributed by atoms with van der Waals surface area (Å²) in [6.07, 6.45) is 6.82. The highest BCUT2D eigenvalue weighted by Crippen LogP contribution is 2.27. The predicted molar refractivity (Wildman–Crippen MR) is 79.1 cm³/mol. The average molecular weight is 305 g/mol. The molecule has 0 aromatic heterocycles. The normalized spacial score (nSPS) is 16.9. The molecule has 0 heterocycles. The molecule has 1 aliphatic carbocycles. The molecule has 1 aliphatic rings. The van der Waals surface area contributed by atoms with E-state index >= 15 is 0 Å². The zero-order valence-electron chi connectivity index (χ0n) is 10.4. The third-order valence-electron chi connectivity index (χ3n) is 3.63. The monoisotopic (exact) mass is 304 g/mol. The fourth-order valence-electron chi connectivity index (χ4n) is 2.64. The van der Waals surface area contributed by atoms with Gasteiger partial charge in [-0.3, -0.25) is 0 Å². The molecule has 94 valence electrons. The highest BCUT2D eigenvalue weighted by Gasteiger charge is 2.14. The third-order valence-corrected chi connectivity index (χ3v) is 4.12. The van der Waals surface area contributed by atoms with Crippen LogP contribution in [0.3, 0.4) is 0 Å². The molecule has 2 heteroatoms. The van der Waals surface area contributed by atoms with Crippen LogP contribution in [-0.4, -0.2) is 6.10 Å². The van der Waals surface area contributed by atoms with Gasteiger partial charge in [0.05, 0.1) is 6.10 Å². The first kappa shape index (κ1) is 12.0. The van der Waals surface area contributed by atoms with Crippen LogP contribution < -0.4 is 4.74 Å². The highest BCUT2D eigenvalue weighted by molar-refractivity contribution is 9.10. The maximum absolute atomic E-state index is 6.08. The van der Waals surface area contributed by atoms with Gasteiger partial charge in [0.15, 0.2) is 0 Å². The van der Waals surface area contributed by atoms with Crippen LogP contribution in [0.15, 0.2) is 40.9 Å². The SMILES string of the molecule is Brc1ccc2cc(OC3CCCCC3)ccc2c1. The molecule has 0 atom stereocenters. The molecular formula is C16H17BrO. The molecule has 1 saturated carbocycles. The van der Waals surface area contributed by atoms with Crippen molar-refractivity contribution in [3.63, 3.8) is 0 Å². The molecule has 3 rings (SSSR count). The number of fused-ring (bicyclic) bond motifs is 1. The molecule has 0 saturated heterocycles. The van der Waals surface area contributed by atoms with Gasteiger partial charge in [-0.1, -0.05) is 34.5 Å². The molecule has 18 heavy (non-hydrogen) atoms. The van der Waals surface area contributed by atoms with Crippen LogP contribution in [0.4, 0.5) is 0 Å². The number of hydrogen-bond acceptors (Lipinski definition) is 1. The largest absolute Gasteiger partial charge is 0.490 e. The Kier molecular flexibility index (Phi) is 3.55. The molecule has 2 aromatic carbocycles. The Labute approximate surface area is 116 Å². The minimum absolute atomic E-state index is 0.423. The van der Waals surface area contributed by atoms with Gasteiger partial charge in [0.2, 0.25) is 0 Å². The quantitative estimate of drug-likeness (QED) is 0.730. The summed E-state index contributed by atoms with van der Waals surface area (Å²) >= 11 is 3.50. The minimum atomic E-state index is 0.423. The Balaban J connectivity index is 1.82. The summed E-state index contributed by atoms with van der Waals surface area (Å²) in [5.41, 5.74) is 0. The lowest BCUT2D eigenvalue weighted by Crippen LogP contribution is -2.19. The summed E-state index contributed by atoms with van der Waals surface area (Å²) in [7, 11) is 0. The Morgan fingerprint density at radius 2 is 1.61 bits per heavy atom.